The molecule has 4 rings (SSSR count). The van der Waals surface area contributed by atoms with Gasteiger partial charge in [-0.15, -0.1) is 0 Å². The molecule has 0 saturated heterocycles. The van der Waals surface area contributed by atoms with Gasteiger partial charge in [-0.3, -0.25) is 4.98 Å². The quantitative estimate of drug-likeness (QED) is 0.397. The first-order valence-electron chi connectivity index (χ1n) is 9.96. The van der Waals surface area contributed by atoms with Crippen molar-refractivity contribution >= 4 is 22.5 Å². The molecule has 2 aromatic carbocycles. The fraction of sp³-hybridized carbons (Fsp3) is 0.200. The summed E-state index contributed by atoms with van der Waals surface area (Å²) in [6.07, 6.45) is 4.64. The third-order valence-corrected chi connectivity index (χ3v) is 5.48. The Kier molecular flexibility index (Phi) is 5.85. The number of halogens is 1. The second-order valence-electron chi connectivity index (χ2n) is 7.63. The minimum atomic E-state index is 0.681. The monoisotopic (exact) mass is 414 g/mol. The van der Waals surface area contributed by atoms with Gasteiger partial charge >= 0.3 is 0 Å². The standard InChI is InChI=1S/C25H23ClN4/c1-29(2)11-6-12-30-23-10-4-3-9-22(23)25(24(30)15-27)20-13-19(16-28-17-20)18-7-5-8-21(26)14-18/h3-5,7-10,13-14,16-17H,6,11-12H2,1-2H3. The number of aromatic nitrogens is 2. The molecular weight excluding hydrogens is 392 g/mol. The van der Waals surface area contributed by atoms with Gasteiger partial charge in [0, 0.05) is 51.6 Å². The fourth-order valence-corrected chi connectivity index (χ4v) is 4.08. The maximum atomic E-state index is 10.1. The summed E-state index contributed by atoms with van der Waals surface area (Å²) >= 11 is 6.18. The molecule has 0 aliphatic heterocycles. The Morgan fingerprint density at radius 1 is 1.00 bits per heavy atom. The predicted molar refractivity (Wildman–Crippen MR) is 124 cm³/mol. The Balaban J connectivity index is 1.85. The third-order valence-electron chi connectivity index (χ3n) is 5.25. The number of para-hydroxylation sites is 1. The number of nitriles is 1. The summed E-state index contributed by atoms with van der Waals surface area (Å²) in [5.74, 6) is 0. The molecule has 0 bridgehead atoms. The Labute approximate surface area is 182 Å². The number of benzene rings is 2. The van der Waals surface area contributed by atoms with Crippen molar-refractivity contribution in [3.63, 3.8) is 0 Å². The first-order valence-corrected chi connectivity index (χ1v) is 10.3. The molecule has 150 valence electrons. The van der Waals surface area contributed by atoms with Gasteiger partial charge in [-0.2, -0.15) is 5.26 Å². The molecule has 0 aliphatic rings. The summed E-state index contributed by atoms with van der Waals surface area (Å²) in [5.41, 5.74) is 5.62. The number of nitrogens with zero attached hydrogens (tertiary/aromatic N) is 4. The largest absolute Gasteiger partial charge is 0.332 e. The van der Waals surface area contributed by atoms with Gasteiger partial charge in [0.15, 0.2) is 0 Å². The molecule has 0 saturated carbocycles. The third kappa shape index (κ3) is 3.95. The average molecular weight is 415 g/mol. The van der Waals surface area contributed by atoms with E-state index < -0.39 is 0 Å². The lowest BCUT2D eigenvalue weighted by molar-refractivity contribution is 0.387. The van der Waals surface area contributed by atoms with Crippen LogP contribution < -0.4 is 0 Å². The Hall–Kier alpha value is -3.13. The molecule has 0 atom stereocenters. The summed E-state index contributed by atoms with van der Waals surface area (Å²) in [6, 6.07) is 20.5. The van der Waals surface area contributed by atoms with Crippen LogP contribution in [0.3, 0.4) is 0 Å². The maximum Gasteiger partial charge on any atom is 0.129 e. The highest BCUT2D eigenvalue weighted by Crippen LogP contribution is 2.36. The Morgan fingerprint density at radius 3 is 2.57 bits per heavy atom. The molecule has 4 aromatic rings. The molecule has 4 nitrogen and oxygen atoms in total. The van der Waals surface area contributed by atoms with E-state index in [0.29, 0.717) is 10.7 Å². The first kappa shape index (κ1) is 20.2. The number of rotatable bonds is 6. The zero-order valence-corrected chi connectivity index (χ0v) is 17.9. The molecule has 5 heteroatoms. The van der Waals surface area contributed by atoms with Crippen LogP contribution in [0.2, 0.25) is 5.02 Å². The van der Waals surface area contributed by atoms with Crippen molar-refractivity contribution in [1.82, 2.24) is 14.5 Å². The van der Waals surface area contributed by atoms with Crippen LogP contribution in [0.25, 0.3) is 33.2 Å². The van der Waals surface area contributed by atoms with Gasteiger partial charge in [0.1, 0.15) is 11.8 Å². The van der Waals surface area contributed by atoms with E-state index in [-0.39, 0.29) is 0 Å². The summed E-state index contributed by atoms with van der Waals surface area (Å²) in [7, 11) is 4.13. The van der Waals surface area contributed by atoms with Gasteiger partial charge < -0.3 is 9.47 Å². The lowest BCUT2D eigenvalue weighted by Crippen LogP contribution is -2.15. The van der Waals surface area contributed by atoms with E-state index in [0.717, 1.165) is 52.7 Å². The number of pyridine rings is 1. The summed E-state index contributed by atoms with van der Waals surface area (Å²) in [6.45, 7) is 1.77. The van der Waals surface area contributed by atoms with E-state index in [1.165, 1.54) is 0 Å². The molecule has 2 aromatic heterocycles. The van der Waals surface area contributed by atoms with Gasteiger partial charge in [-0.25, -0.2) is 0 Å². The molecule has 0 unspecified atom stereocenters. The van der Waals surface area contributed by atoms with Crippen LogP contribution >= 0.6 is 11.6 Å². The highest BCUT2D eigenvalue weighted by atomic mass is 35.5. The van der Waals surface area contributed by atoms with Crippen LogP contribution in [0.15, 0.2) is 67.0 Å². The highest BCUT2D eigenvalue weighted by Gasteiger charge is 2.19. The maximum absolute atomic E-state index is 10.1. The molecule has 0 radical (unpaired) electrons. The zero-order valence-electron chi connectivity index (χ0n) is 17.1. The Morgan fingerprint density at radius 2 is 1.80 bits per heavy atom. The fourth-order valence-electron chi connectivity index (χ4n) is 3.89. The summed E-state index contributed by atoms with van der Waals surface area (Å²) < 4.78 is 2.14. The van der Waals surface area contributed by atoms with Crippen molar-refractivity contribution in [2.75, 3.05) is 20.6 Å². The van der Waals surface area contributed by atoms with E-state index in [9.17, 15) is 5.26 Å². The van der Waals surface area contributed by atoms with E-state index >= 15 is 0 Å². The molecule has 2 heterocycles. The number of aryl methyl sites for hydroxylation is 1. The van der Waals surface area contributed by atoms with Crippen molar-refractivity contribution in [3.8, 4) is 28.3 Å². The van der Waals surface area contributed by atoms with Crippen LogP contribution in [0.5, 0.6) is 0 Å². The van der Waals surface area contributed by atoms with Crippen LogP contribution in [-0.4, -0.2) is 35.1 Å². The van der Waals surface area contributed by atoms with Gasteiger partial charge in [0.05, 0.1) is 0 Å². The van der Waals surface area contributed by atoms with Gasteiger partial charge in [-0.1, -0.05) is 41.9 Å². The molecule has 0 amide bonds. The lowest BCUT2D eigenvalue weighted by Gasteiger charge is -2.11. The summed E-state index contributed by atoms with van der Waals surface area (Å²) in [5, 5.41) is 11.8. The molecule has 0 fully saturated rings. The highest BCUT2D eigenvalue weighted by molar-refractivity contribution is 6.30. The Bertz CT molecular complexity index is 1230. The lowest BCUT2D eigenvalue weighted by atomic mass is 10.00. The van der Waals surface area contributed by atoms with Crippen molar-refractivity contribution < 1.29 is 0 Å². The number of hydrogen-bond acceptors (Lipinski definition) is 3. The average Bonchev–Trinajstić information content (AvgIpc) is 3.07. The second-order valence-corrected chi connectivity index (χ2v) is 8.07. The van der Waals surface area contributed by atoms with Crippen LogP contribution in [-0.2, 0) is 6.54 Å². The summed E-state index contributed by atoms with van der Waals surface area (Å²) in [4.78, 5) is 6.64. The van der Waals surface area contributed by atoms with Crippen molar-refractivity contribution in [3.05, 3.63) is 77.7 Å². The normalized spacial score (nSPS) is 11.2. The van der Waals surface area contributed by atoms with E-state index in [1.54, 1.807) is 0 Å². The SMILES string of the molecule is CN(C)CCCn1c(C#N)c(-c2cncc(-c3cccc(Cl)c3)c2)c2ccccc21. The minimum absolute atomic E-state index is 0.681. The minimum Gasteiger partial charge on any atom is -0.332 e. The molecule has 30 heavy (non-hydrogen) atoms. The topological polar surface area (TPSA) is 44.9 Å². The predicted octanol–water partition coefficient (Wildman–Crippen LogP) is 5.85. The van der Waals surface area contributed by atoms with E-state index in [2.05, 4.69) is 52.8 Å². The molecule has 0 spiro atoms. The van der Waals surface area contributed by atoms with Crippen molar-refractivity contribution in [2.45, 2.75) is 13.0 Å². The van der Waals surface area contributed by atoms with E-state index in [1.807, 2.05) is 48.8 Å². The molecular formula is C25H23ClN4. The van der Waals surface area contributed by atoms with Crippen LogP contribution in [0, 0.1) is 11.3 Å². The van der Waals surface area contributed by atoms with Crippen molar-refractivity contribution in [1.29, 1.82) is 5.26 Å². The van der Waals surface area contributed by atoms with E-state index in [4.69, 9.17) is 11.6 Å². The van der Waals surface area contributed by atoms with Gasteiger partial charge in [0.2, 0.25) is 0 Å². The number of fused-ring (bicyclic) bond motifs is 1. The van der Waals surface area contributed by atoms with Crippen LogP contribution in [0.1, 0.15) is 12.1 Å². The molecule has 0 aliphatic carbocycles. The smallest absolute Gasteiger partial charge is 0.129 e. The van der Waals surface area contributed by atoms with Crippen LogP contribution in [0.4, 0.5) is 0 Å². The van der Waals surface area contributed by atoms with Gasteiger partial charge in [-0.05, 0) is 56.9 Å². The zero-order chi connectivity index (χ0) is 21.1. The first-order chi connectivity index (χ1) is 14.6. The van der Waals surface area contributed by atoms with Crippen molar-refractivity contribution in [2.24, 2.45) is 0 Å². The van der Waals surface area contributed by atoms with Gasteiger partial charge in [0.25, 0.3) is 0 Å². The second kappa shape index (κ2) is 8.71. The number of hydrogen-bond donors (Lipinski definition) is 0. The molecule has 0 N–H and O–H groups in total.